The van der Waals surface area contributed by atoms with Crippen LogP contribution in [0.3, 0.4) is 0 Å². The number of aliphatic carboxylic acids is 1. The van der Waals surface area contributed by atoms with Crippen LogP contribution in [0.2, 0.25) is 0 Å². The van der Waals surface area contributed by atoms with Crippen molar-refractivity contribution in [1.29, 1.82) is 0 Å². The average molecular weight is 260 g/mol. The summed E-state index contributed by atoms with van der Waals surface area (Å²) in [6, 6.07) is 6.23. The van der Waals surface area contributed by atoms with Crippen LogP contribution in [0.25, 0.3) is 0 Å². The molecule has 4 rings (SSSR count). The van der Waals surface area contributed by atoms with Gasteiger partial charge in [-0.15, -0.1) is 0 Å². The van der Waals surface area contributed by atoms with Crippen LogP contribution >= 0.6 is 0 Å². The first-order chi connectivity index (χ1) is 9.24. The van der Waals surface area contributed by atoms with E-state index in [1.54, 1.807) is 0 Å². The van der Waals surface area contributed by atoms with Crippen molar-refractivity contribution in [2.24, 2.45) is 0 Å². The fourth-order valence-electron chi connectivity index (χ4n) is 3.54. The Hall–Kier alpha value is -1.55. The van der Waals surface area contributed by atoms with Crippen LogP contribution in [0.4, 0.5) is 0 Å². The van der Waals surface area contributed by atoms with Gasteiger partial charge in [0.15, 0.2) is 0 Å². The Morgan fingerprint density at radius 3 is 3.11 bits per heavy atom. The molecule has 4 atom stereocenters. The lowest BCUT2D eigenvalue weighted by molar-refractivity contribution is -0.137. The van der Waals surface area contributed by atoms with Crippen LogP contribution in [0.1, 0.15) is 36.3 Å². The molecule has 0 amide bonds. The van der Waals surface area contributed by atoms with E-state index in [0.717, 1.165) is 24.2 Å². The highest BCUT2D eigenvalue weighted by atomic mass is 16.6. The zero-order valence-electron chi connectivity index (χ0n) is 10.5. The molecular weight excluding hydrogens is 244 g/mol. The Morgan fingerprint density at radius 2 is 2.26 bits per heavy atom. The third-order valence-electron chi connectivity index (χ3n) is 4.43. The second kappa shape index (κ2) is 3.97. The molecule has 3 aliphatic rings. The summed E-state index contributed by atoms with van der Waals surface area (Å²) < 4.78 is 11.7. The van der Waals surface area contributed by atoms with Crippen molar-refractivity contribution in [2.45, 2.75) is 49.9 Å². The molecule has 0 spiro atoms. The number of epoxide rings is 1. The van der Waals surface area contributed by atoms with Crippen molar-refractivity contribution < 1.29 is 19.4 Å². The summed E-state index contributed by atoms with van der Waals surface area (Å²) in [5.41, 5.74) is 2.41. The molecule has 1 saturated carbocycles. The van der Waals surface area contributed by atoms with Gasteiger partial charge in [0.05, 0.1) is 18.1 Å². The van der Waals surface area contributed by atoms with E-state index in [0.29, 0.717) is 24.5 Å². The molecule has 100 valence electrons. The Labute approximate surface area is 111 Å². The van der Waals surface area contributed by atoms with Crippen LogP contribution < -0.4 is 4.74 Å². The van der Waals surface area contributed by atoms with Crippen LogP contribution in [0, 0.1) is 0 Å². The number of ether oxygens (including phenoxy) is 2. The SMILES string of the molecule is O=C(O)CCCc1cccc2c1OC1C[C@H]3O[C@H]3C21. The summed E-state index contributed by atoms with van der Waals surface area (Å²) >= 11 is 0. The van der Waals surface area contributed by atoms with Crippen molar-refractivity contribution in [1.82, 2.24) is 0 Å². The normalized spacial score (nSPS) is 33.3. The van der Waals surface area contributed by atoms with Gasteiger partial charge in [0.25, 0.3) is 0 Å². The summed E-state index contributed by atoms with van der Waals surface area (Å²) in [4.78, 5) is 10.6. The molecule has 2 fully saturated rings. The molecule has 2 aliphatic heterocycles. The molecule has 4 heteroatoms. The van der Waals surface area contributed by atoms with Gasteiger partial charge in [-0.3, -0.25) is 4.79 Å². The monoisotopic (exact) mass is 260 g/mol. The van der Waals surface area contributed by atoms with E-state index < -0.39 is 5.97 Å². The molecule has 1 aliphatic carbocycles. The lowest BCUT2D eigenvalue weighted by Crippen LogP contribution is -2.17. The van der Waals surface area contributed by atoms with Crippen molar-refractivity contribution in [3.63, 3.8) is 0 Å². The molecule has 0 bridgehead atoms. The number of hydrogen-bond acceptors (Lipinski definition) is 3. The number of fused-ring (bicyclic) bond motifs is 5. The number of carboxylic acids is 1. The number of rotatable bonds is 4. The van der Waals surface area contributed by atoms with Gasteiger partial charge in [0, 0.05) is 18.4 Å². The van der Waals surface area contributed by atoms with Crippen molar-refractivity contribution >= 4 is 5.97 Å². The third kappa shape index (κ3) is 1.74. The number of carboxylic acid groups (broad SMARTS) is 1. The minimum absolute atomic E-state index is 0.213. The molecule has 2 heterocycles. The largest absolute Gasteiger partial charge is 0.489 e. The van der Waals surface area contributed by atoms with Gasteiger partial charge in [-0.05, 0) is 18.4 Å². The minimum atomic E-state index is -0.736. The van der Waals surface area contributed by atoms with Crippen molar-refractivity contribution in [3.05, 3.63) is 29.3 Å². The van der Waals surface area contributed by atoms with Crippen LogP contribution in [0.15, 0.2) is 18.2 Å². The summed E-state index contributed by atoms with van der Waals surface area (Å²) in [6.07, 6.45) is 3.69. The Balaban J connectivity index is 1.56. The van der Waals surface area contributed by atoms with E-state index in [2.05, 4.69) is 12.1 Å². The van der Waals surface area contributed by atoms with Gasteiger partial charge in [0.1, 0.15) is 11.9 Å². The topological polar surface area (TPSA) is 59.1 Å². The molecule has 4 nitrogen and oxygen atoms in total. The second-order valence-corrected chi connectivity index (χ2v) is 5.64. The third-order valence-corrected chi connectivity index (χ3v) is 4.43. The molecule has 0 radical (unpaired) electrons. The van der Waals surface area contributed by atoms with E-state index in [4.69, 9.17) is 14.6 Å². The number of carbonyl (C=O) groups is 1. The highest BCUT2D eigenvalue weighted by molar-refractivity contribution is 5.66. The smallest absolute Gasteiger partial charge is 0.303 e. The van der Waals surface area contributed by atoms with Gasteiger partial charge in [0.2, 0.25) is 0 Å². The maximum atomic E-state index is 10.6. The van der Waals surface area contributed by atoms with Crippen LogP contribution in [0.5, 0.6) is 5.75 Å². The summed E-state index contributed by atoms with van der Waals surface area (Å²) in [7, 11) is 0. The molecule has 2 unspecified atom stereocenters. The molecule has 1 N–H and O–H groups in total. The average Bonchev–Trinajstić information content (AvgIpc) is 2.88. The van der Waals surface area contributed by atoms with Gasteiger partial charge in [-0.1, -0.05) is 18.2 Å². The number of benzene rings is 1. The maximum Gasteiger partial charge on any atom is 0.303 e. The first-order valence-corrected chi connectivity index (χ1v) is 6.90. The van der Waals surface area contributed by atoms with Gasteiger partial charge >= 0.3 is 5.97 Å². The Morgan fingerprint density at radius 1 is 1.37 bits per heavy atom. The van der Waals surface area contributed by atoms with E-state index in [1.165, 1.54) is 5.56 Å². The molecule has 1 aromatic carbocycles. The van der Waals surface area contributed by atoms with E-state index in [1.807, 2.05) is 6.07 Å². The molecule has 19 heavy (non-hydrogen) atoms. The summed E-state index contributed by atoms with van der Waals surface area (Å²) in [6.45, 7) is 0. The van der Waals surface area contributed by atoms with Gasteiger partial charge in [-0.25, -0.2) is 0 Å². The van der Waals surface area contributed by atoms with Gasteiger partial charge in [-0.2, -0.15) is 0 Å². The zero-order chi connectivity index (χ0) is 13.0. The number of hydrogen-bond donors (Lipinski definition) is 1. The molecule has 1 saturated heterocycles. The predicted molar refractivity (Wildman–Crippen MR) is 67.5 cm³/mol. The molecular formula is C15H16O4. The number of aryl methyl sites for hydroxylation is 1. The highest BCUT2D eigenvalue weighted by Crippen LogP contribution is 2.56. The highest BCUT2D eigenvalue weighted by Gasteiger charge is 2.60. The van der Waals surface area contributed by atoms with E-state index in [-0.39, 0.29) is 12.5 Å². The van der Waals surface area contributed by atoms with Crippen LogP contribution in [-0.4, -0.2) is 29.4 Å². The molecule has 1 aromatic rings. The first kappa shape index (κ1) is 11.3. The second-order valence-electron chi connectivity index (χ2n) is 5.64. The quantitative estimate of drug-likeness (QED) is 0.842. The minimum Gasteiger partial charge on any atom is -0.489 e. The lowest BCUT2D eigenvalue weighted by atomic mass is 9.94. The number of para-hydroxylation sites is 1. The summed E-state index contributed by atoms with van der Waals surface area (Å²) in [5.74, 6) is 0.663. The van der Waals surface area contributed by atoms with E-state index >= 15 is 0 Å². The Bertz CT molecular complexity index is 539. The predicted octanol–water partition coefficient (Wildman–Crippen LogP) is 2.11. The first-order valence-electron chi connectivity index (χ1n) is 6.90. The van der Waals surface area contributed by atoms with Crippen molar-refractivity contribution in [2.75, 3.05) is 0 Å². The van der Waals surface area contributed by atoms with Crippen molar-refractivity contribution in [3.8, 4) is 5.75 Å². The zero-order valence-corrected chi connectivity index (χ0v) is 10.5. The van der Waals surface area contributed by atoms with Gasteiger partial charge < -0.3 is 14.6 Å². The van der Waals surface area contributed by atoms with Crippen LogP contribution in [-0.2, 0) is 16.0 Å². The fraction of sp³-hybridized carbons (Fsp3) is 0.533. The summed E-state index contributed by atoms with van der Waals surface area (Å²) in [5, 5.41) is 8.71. The lowest BCUT2D eigenvalue weighted by Gasteiger charge is -2.11. The maximum absolute atomic E-state index is 10.6. The Kier molecular flexibility index (Phi) is 2.36. The standard InChI is InChI=1S/C15H16O4/c16-12(17)6-2-4-8-3-1-5-9-13-10(18-14(8)9)7-11-15(13)19-11/h1,3,5,10-11,13,15H,2,4,6-7H2,(H,16,17)/t10?,11-,13?,15-/m1/s1. The fourth-order valence-corrected chi connectivity index (χ4v) is 3.54. The van der Waals surface area contributed by atoms with E-state index in [9.17, 15) is 4.79 Å². The molecule has 0 aromatic heterocycles.